The van der Waals surface area contributed by atoms with Crippen molar-refractivity contribution in [1.29, 1.82) is 0 Å². The van der Waals surface area contributed by atoms with Gasteiger partial charge in [0.2, 0.25) is 5.75 Å². The molecule has 0 radical (unpaired) electrons. The Bertz CT molecular complexity index is 789. The number of esters is 1. The van der Waals surface area contributed by atoms with Crippen LogP contribution in [0.3, 0.4) is 0 Å². The van der Waals surface area contributed by atoms with Crippen molar-refractivity contribution in [1.82, 2.24) is 0 Å². The van der Waals surface area contributed by atoms with Crippen LogP contribution in [0.15, 0.2) is 36.4 Å². The van der Waals surface area contributed by atoms with Gasteiger partial charge in [-0.15, -0.1) is 0 Å². The van der Waals surface area contributed by atoms with Crippen LogP contribution in [0, 0.1) is 11.8 Å². The fourth-order valence-electron chi connectivity index (χ4n) is 2.27. The van der Waals surface area contributed by atoms with E-state index in [1.807, 2.05) is 6.07 Å². The second kappa shape index (κ2) is 8.65. The topological polar surface area (TPSA) is 54.0 Å². The van der Waals surface area contributed by atoms with E-state index in [-0.39, 0.29) is 0 Å². The van der Waals surface area contributed by atoms with Crippen LogP contribution in [0.1, 0.15) is 28.4 Å². The molecular formula is C20H20O5. The van der Waals surface area contributed by atoms with Crippen molar-refractivity contribution in [3.63, 3.8) is 0 Å². The summed E-state index contributed by atoms with van der Waals surface area (Å²) >= 11 is 0. The predicted molar refractivity (Wildman–Crippen MR) is 94.5 cm³/mol. The molecule has 0 heterocycles. The summed E-state index contributed by atoms with van der Waals surface area (Å²) in [6.45, 7) is 2.08. The number of carbonyl (C=O) groups excluding carboxylic acids is 1. The van der Waals surface area contributed by atoms with Gasteiger partial charge in [0.05, 0.1) is 33.5 Å². The van der Waals surface area contributed by atoms with E-state index in [4.69, 9.17) is 18.9 Å². The van der Waals surface area contributed by atoms with E-state index < -0.39 is 5.97 Å². The number of hydrogen-bond donors (Lipinski definition) is 0. The molecule has 0 amide bonds. The fourth-order valence-corrected chi connectivity index (χ4v) is 2.27. The molecule has 0 saturated heterocycles. The molecule has 0 saturated carbocycles. The van der Waals surface area contributed by atoms with Gasteiger partial charge in [0, 0.05) is 11.1 Å². The molecule has 5 heteroatoms. The van der Waals surface area contributed by atoms with Crippen molar-refractivity contribution in [3.05, 3.63) is 53.1 Å². The van der Waals surface area contributed by atoms with Crippen molar-refractivity contribution in [2.45, 2.75) is 6.92 Å². The van der Waals surface area contributed by atoms with Gasteiger partial charge in [-0.1, -0.05) is 24.0 Å². The van der Waals surface area contributed by atoms with Gasteiger partial charge in [-0.05, 0) is 31.2 Å². The van der Waals surface area contributed by atoms with E-state index in [9.17, 15) is 4.79 Å². The molecule has 2 aromatic carbocycles. The lowest BCUT2D eigenvalue weighted by molar-refractivity contribution is 0.0526. The molecule has 0 spiro atoms. The summed E-state index contributed by atoms with van der Waals surface area (Å²) in [4.78, 5) is 12.0. The number of hydrogen-bond acceptors (Lipinski definition) is 5. The van der Waals surface area contributed by atoms with Crippen LogP contribution in [-0.2, 0) is 4.74 Å². The normalized spacial score (nSPS) is 9.60. The second-order valence-electron chi connectivity index (χ2n) is 4.93. The maximum Gasteiger partial charge on any atom is 0.339 e. The Hall–Kier alpha value is -3.13. The SMILES string of the molecule is CCOC(=O)c1ccccc1C#Cc1cc(OC)c(OC)c(OC)c1. The first-order valence-corrected chi connectivity index (χ1v) is 7.72. The monoisotopic (exact) mass is 340 g/mol. The lowest BCUT2D eigenvalue weighted by Crippen LogP contribution is -2.06. The average molecular weight is 340 g/mol. The minimum Gasteiger partial charge on any atom is -0.493 e. The van der Waals surface area contributed by atoms with E-state index in [1.54, 1.807) is 58.6 Å². The van der Waals surface area contributed by atoms with Gasteiger partial charge in [0.15, 0.2) is 11.5 Å². The number of methoxy groups -OCH3 is 3. The highest BCUT2D eigenvalue weighted by Gasteiger charge is 2.13. The Morgan fingerprint density at radius 2 is 1.60 bits per heavy atom. The van der Waals surface area contributed by atoms with Crippen molar-refractivity contribution >= 4 is 5.97 Å². The molecule has 130 valence electrons. The average Bonchev–Trinajstić information content (AvgIpc) is 2.65. The van der Waals surface area contributed by atoms with Crippen LogP contribution in [0.25, 0.3) is 0 Å². The van der Waals surface area contributed by atoms with E-state index in [1.165, 1.54) is 0 Å². The summed E-state index contributed by atoms with van der Waals surface area (Å²) < 4.78 is 21.0. The third kappa shape index (κ3) is 4.24. The van der Waals surface area contributed by atoms with Crippen molar-refractivity contribution < 1.29 is 23.7 Å². The first-order chi connectivity index (χ1) is 12.1. The number of rotatable bonds is 5. The summed E-state index contributed by atoms with van der Waals surface area (Å²) in [5, 5.41) is 0. The number of ether oxygens (including phenoxy) is 4. The van der Waals surface area contributed by atoms with Crippen LogP contribution in [0.5, 0.6) is 17.2 Å². The molecular weight excluding hydrogens is 320 g/mol. The van der Waals surface area contributed by atoms with Crippen molar-refractivity contribution in [2.75, 3.05) is 27.9 Å². The molecule has 0 N–H and O–H groups in total. The van der Waals surface area contributed by atoms with Crippen LogP contribution in [0.2, 0.25) is 0 Å². The van der Waals surface area contributed by atoms with Crippen molar-refractivity contribution in [2.24, 2.45) is 0 Å². The third-order valence-electron chi connectivity index (χ3n) is 3.43. The summed E-state index contributed by atoms with van der Waals surface area (Å²) in [5.74, 6) is 7.18. The van der Waals surface area contributed by atoms with E-state index in [0.29, 0.717) is 40.5 Å². The largest absolute Gasteiger partial charge is 0.493 e. The molecule has 0 atom stereocenters. The Balaban J connectivity index is 2.44. The zero-order valence-electron chi connectivity index (χ0n) is 14.7. The highest BCUT2D eigenvalue weighted by molar-refractivity contribution is 5.92. The molecule has 2 rings (SSSR count). The summed E-state index contributed by atoms with van der Waals surface area (Å²) in [7, 11) is 4.64. The number of benzene rings is 2. The quantitative estimate of drug-likeness (QED) is 0.617. The molecule has 0 aromatic heterocycles. The van der Waals surface area contributed by atoms with Gasteiger partial charge in [-0.25, -0.2) is 4.79 Å². The third-order valence-corrected chi connectivity index (χ3v) is 3.43. The lowest BCUT2D eigenvalue weighted by atomic mass is 10.1. The van der Waals surface area contributed by atoms with Gasteiger partial charge in [-0.2, -0.15) is 0 Å². The summed E-state index contributed by atoms with van der Waals surface area (Å²) in [6.07, 6.45) is 0. The second-order valence-corrected chi connectivity index (χ2v) is 4.93. The lowest BCUT2D eigenvalue weighted by Gasteiger charge is -2.12. The minimum absolute atomic E-state index is 0.313. The summed E-state index contributed by atoms with van der Waals surface area (Å²) in [5.41, 5.74) is 1.70. The van der Waals surface area contributed by atoms with Crippen LogP contribution >= 0.6 is 0 Å². The van der Waals surface area contributed by atoms with Crippen LogP contribution in [0.4, 0.5) is 0 Å². The fraction of sp³-hybridized carbons (Fsp3) is 0.250. The first kappa shape index (κ1) is 18.2. The van der Waals surface area contributed by atoms with E-state index in [2.05, 4.69) is 11.8 Å². The van der Waals surface area contributed by atoms with Gasteiger partial charge >= 0.3 is 5.97 Å². The number of carbonyl (C=O) groups is 1. The molecule has 0 bridgehead atoms. The van der Waals surface area contributed by atoms with Gasteiger partial charge in [-0.3, -0.25) is 0 Å². The van der Waals surface area contributed by atoms with Crippen LogP contribution in [-0.4, -0.2) is 33.9 Å². The highest BCUT2D eigenvalue weighted by atomic mass is 16.5. The van der Waals surface area contributed by atoms with E-state index in [0.717, 1.165) is 0 Å². The molecule has 0 aliphatic carbocycles. The molecule has 2 aromatic rings. The maximum absolute atomic E-state index is 12.0. The predicted octanol–water partition coefficient (Wildman–Crippen LogP) is 3.29. The first-order valence-electron chi connectivity index (χ1n) is 7.72. The Morgan fingerprint density at radius 1 is 0.960 bits per heavy atom. The summed E-state index contributed by atoms with van der Waals surface area (Å²) in [6, 6.07) is 10.6. The van der Waals surface area contributed by atoms with Gasteiger partial charge in [0.25, 0.3) is 0 Å². The zero-order valence-corrected chi connectivity index (χ0v) is 14.7. The minimum atomic E-state index is -0.391. The molecule has 0 fully saturated rings. The Labute approximate surface area is 147 Å². The highest BCUT2D eigenvalue weighted by Crippen LogP contribution is 2.37. The van der Waals surface area contributed by atoms with Crippen molar-refractivity contribution in [3.8, 4) is 29.1 Å². The maximum atomic E-state index is 12.0. The van der Waals surface area contributed by atoms with E-state index >= 15 is 0 Å². The molecule has 25 heavy (non-hydrogen) atoms. The molecule has 0 aliphatic heterocycles. The zero-order chi connectivity index (χ0) is 18.2. The Morgan fingerprint density at radius 3 is 2.16 bits per heavy atom. The standard InChI is InChI=1S/C20H20O5/c1-5-25-20(21)16-9-7-6-8-15(16)11-10-14-12-17(22-2)19(24-4)18(13-14)23-3/h6-9,12-13H,5H2,1-4H3. The molecule has 5 nitrogen and oxygen atoms in total. The molecule has 0 unspecified atom stereocenters. The van der Waals surface area contributed by atoms with Gasteiger partial charge in [0.1, 0.15) is 0 Å². The molecule has 0 aliphatic rings. The Kier molecular flexibility index (Phi) is 6.30. The van der Waals surface area contributed by atoms with Gasteiger partial charge < -0.3 is 18.9 Å². The smallest absolute Gasteiger partial charge is 0.339 e. The van der Waals surface area contributed by atoms with Crippen LogP contribution < -0.4 is 14.2 Å².